The smallest absolute Gasteiger partial charge is 0.416 e. The number of aromatic nitrogens is 2. The Morgan fingerprint density at radius 2 is 1.85 bits per heavy atom. The predicted octanol–water partition coefficient (Wildman–Crippen LogP) is 4.14. The third-order valence-corrected chi connectivity index (χ3v) is 5.24. The molecule has 0 bridgehead atoms. The highest BCUT2D eigenvalue weighted by molar-refractivity contribution is 5.97. The van der Waals surface area contributed by atoms with E-state index in [1.807, 2.05) is 0 Å². The third-order valence-electron chi connectivity index (χ3n) is 5.24. The van der Waals surface area contributed by atoms with Crippen molar-refractivity contribution in [1.82, 2.24) is 20.6 Å². The largest absolute Gasteiger partial charge is 0.478 e. The Morgan fingerprint density at radius 1 is 1.12 bits per heavy atom. The molecule has 1 aromatic heterocycles. The quantitative estimate of drug-likeness (QED) is 0.414. The number of carbonyl (C=O) groups excluding carboxylic acids is 2. The van der Waals surface area contributed by atoms with Crippen molar-refractivity contribution >= 4 is 11.8 Å². The van der Waals surface area contributed by atoms with Crippen molar-refractivity contribution in [2.24, 2.45) is 0 Å². The number of amides is 2. The van der Waals surface area contributed by atoms with Crippen molar-refractivity contribution in [3.8, 4) is 11.4 Å². The summed E-state index contributed by atoms with van der Waals surface area (Å²) < 4.78 is 59.7. The monoisotopic (exact) mass is 476 g/mol. The summed E-state index contributed by atoms with van der Waals surface area (Å²) in [5.74, 6) is -2.21. The van der Waals surface area contributed by atoms with Crippen LogP contribution < -0.4 is 15.6 Å². The molecule has 1 heterocycles. The van der Waals surface area contributed by atoms with Gasteiger partial charge in [0.1, 0.15) is 0 Å². The van der Waals surface area contributed by atoms with Crippen LogP contribution in [0.5, 0.6) is 5.75 Å². The second-order valence-corrected chi connectivity index (χ2v) is 7.81. The van der Waals surface area contributed by atoms with Gasteiger partial charge in [0.05, 0.1) is 28.7 Å². The minimum atomic E-state index is -4.52. The molecular weight excluding hydrogens is 456 g/mol. The van der Waals surface area contributed by atoms with Crippen LogP contribution in [0.1, 0.15) is 47.3 Å². The summed E-state index contributed by atoms with van der Waals surface area (Å²) in [6.07, 6.45) is -2.88. The van der Waals surface area contributed by atoms with Gasteiger partial charge in [0.15, 0.2) is 17.7 Å². The van der Waals surface area contributed by atoms with Gasteiger partial charge in [-0.3, -0.25) is 20.4 Å². The first kappa shape index (κ1) is 23.3. The number of hydrogen-bond acceptors (Lipinski definition) is 4. The number of nitrogens with one attached hydrogen (secondary N) is 2. The molecule has 178 valence electrons. The van der Waals surface area contributed by atoms with Gasteiger partial charge in [0, 0.05) is 5.92 Å². The molecule has 0 saturated heterocycles. The molecule has 3 aromatic rings. The lowest BCUT2D eigenvalue weighted by molar-refractivity contribution is -0.137. The number of carbonyl (C=O) groups is 2. The fourth-order valence-electron chi connectivity index (χ4n) is 3.37. The van der Waals surface area contributed by atoms with E-state index in [-0.39, 0.29) is 22.9 Å². The SMILES string of the molecule is C[C@@H](Oc1ccccc1F)C(=O)NNC(=O)c1cnn(-c2cccc(C(F)(F)F)c2)c1C1CC1. The lowest BCUT2D eigenvalue weighted by Gasteiger charge is -2.16. The Morgan fingerprint density at radius 3 is 2.53 bits per heavy atom. The van der Waals surface area contributed by atoms with Gasteiger partial charge in [-0.1, -0.05) is 18.2 Å². The summed E-state index contributed by atoms with van der Waals surface area (Å²) >= 11 is 0. The average Bonchev–Trinajstić information content (AvgIpc) is 3.55. The normalized spacial score (nSPS) is 14.4. The van der Waals surface area contributed by atoms with Crippen molar-refractivity contribution in [1.29, 1.82) is 0 Å². The van der Waals surface area contributed by atoms with E-state index in [2.05, 4.69) is 16.0 Å². The van der Waals surface area contributed by atoms with Crippen molar-refractivity contribution in [2.75, 3.05) is 0 Å². The number of nitrogens with zero attached hydrogens (tertiary/aromatic N) is 2. The Kier molecular flexibility index (Phi) is 6.27. The van der Waals surface area contributed by atoms with Crippen LogP contribution in [0.4, 0.5) is 17.6 Å². The Hall–Kier alpha value is -3.89. The number of hydrazine groups is 1. The van der Waals surface area contributed by atoms with Crippen LogP contribution in [0.15, 0.2) is 54.7 Å². The summed E-state index contributed by atoms with van der Waals surface area (Å²) in [7, 11) is 0. The number of para-hydroxylation sites is 1. The Bertz CT molecular complexity index is 1220. The molecule has 0 aliphatic heterocycles. The van der Waals surface area contributed by atoms with Crippen molar-refractivity contribution in [2.45, 2.75) is 38.0 Å². The van der Waals surface area contributed by atoms with Crippen LogP contribution in [0.3, 0.4) is 0 Å². The summed E-state index contributed by atoms with van der Waals surface area (Å²) in [5, 5.41) is 4.13. The summed E-state index contributed by atoms with van der Waals surface area (Å²) in [4.78, 5) is 25.0. The molecule has 0 spiro atoms. The van der Waals surface area contributed by atoms with E-state index in [1.54, 1.807) is 6.07 Å². The van der Waals surface area contributed by atoms with Gasteiger partial charge in [-0.05, 0) is 50.1 Å². The molecule has 1 aliphatic rings. The van der Waals surface area contributed by atoms with Crippen LogP contribution in [0.25, 0.3) is 5.69 Å². The minimum Gasteiger partial charge on any atom is -0.478 e. The highest BCUT2D eigenvalue weighted by Gasteiger charge is 2.34. The molecule has 2 aromatic carbocycles. The molecular formula is C23H20F4N4O3. The number of alkyl halides is 3. The predicted molar refractivity (Wildman–Crippen MR) is 113 cm³/mol. The van der Waals surface area contributed by atoms with Crippen molar-refractivity contribution in [3.63, 3.8) is 0 Å². The molecule has 2 N–H and O–H groups in total. The molecule has 2 amide bonds. The zero-order chi connectivity index (χ0) is 24.5. The fourth-order valence-corrected chi connectivity index (χ4v) is 3.37. The molecule has 1 atom stereocenters. The van der Waals surface area contributed by atoms with Gasteiger partial charge in [0.25, 0.3) is 11.8 Å². The van der Waals surface area contributed by atoms with Crippen LogP contribution in [-0.4, -0.2) is 27.7 Å². The highest BCUT2D eigenvalue weighted by Crippen LogP contribution is 2.42. The van der Waals surface area contributed by atoms with Crippen LogP contribution in [0, 0.1) is 5.82 Å². The third kappa shape index (κ3) is 5.03. The van der Waals surface area contributed by atoms with E-state index in [9.17, 15) is 27.2 Å². The first-order chi connectivity index (χ1) is 16.1. The summed E-state index contributed by atoms with van der Waals surface area (Å²) in [6.45, 7) is 1.38. The molecule has 0 radical (unpaired) electrons. The molecule has 1 aliphatic carbocycles. The van der Waals surface area contributed by atoms with Crippen LogP contribution in [0.2, 0.25) is 0 Å². The van der Waals surface area contributed by atoms with Crippen LogP contribution in [-0.2, 0) is 11.0 Å². The molecule has 7 nitrogen and oxygen atoms in total. The van der Waals surface area contributed by atoms with E-state index >= 15 is 0 Å². The lowest BCUT2D eigenvalue weighted by Crippen LogP contribution is -2.47. The molecule has 4 rings (SSSR count). The molecule has 0 unspecified atom stereocenters. The summed E-state index contributed by atoms with van der Waals surface area (Å²) in [5.41, 5.74) is 4.40. The average molecular weight is 476 g/mol. The van der Waals surface area contributed by atoms with Gasteiger partial charge in [-0.2, -0.15) is 18.3 Å². The van der Waals surface area contributed by atoms with E-state index in [4.69, 9.17) is 4.74 Å². The number of benzene rings is 2. The Balaban J connectivity index is 1.48. The first-order valence-electron chi connectivity index (χ1n) is 10.4. The molecule has 1 saturated carbocycles. The van der Waals surface area contributed by atoms with Gasteiger partial charge in [-0.15, -0.1) is 0 Å². The van der Waals surface area contributed by atoms with Crippen molar-refractivity contribution < 1.29 is 31.9 Å². The van der Waals surface area contributed by atoms with E-state index in [1.165, 1.54) is 48.1 Å². The minimum absolute atomic E-state index is 0.0446. The number of ether oxygens (including phenoxy) is 1. The maximum atomic E-state index is 13.7. The summed E-state index contributed by atoms with van der Waals surface area (Å²) in [6, 6.07) is 10.2. The standard InChI is InChI=1S/C23H20F4N4O3/c1-13(34-19-8-3-2-7-18(19)24)21(32)29-30-22(33)17-12-28-31(20(17)14-9-10-14)16-6-4-5-15(11-16)23(25,26)27/h2-8,11-14H,9-10H2,1H3,(H,29,32)(H,30,33)/t13-/m1/s1. The number of hydrogen-bond donors (Lipinski definition) is 2. The maximum Gasteiger partial charge on any atom is 0.416 e. The van der Waals surface area contributed by atoms with E-state index in [0.29, 0.717) is 5.69 Å². The first-order valence-corrected chi connectivity index (χ1v) is 10.4. The molecule has 34 heavy (non-hydrogen) atoms. The fraction of sp³-hybridized carbons (Fsp3) is 0.261. The lowest BCUT2D eigenvalue weighted by atomic mass is 10.1. The van der Waals surface area contributed by atoms with Crippen LogP contribution >= 0.6 is 0 Å². The van der Waals surface area contributed by atoms with Gasteiger partial charge < -0.3 is 4.74 Å². The van der Waals surface area contributed by atoms with E-state index < -0.39 is 35.5 Å². The molecule has 1 fully saturated rings. The zero-order valence-electron chi connectivity index (χ0n) is 17.9. The Labute approximate surface area is 191 Å². The van der Waals surface area contributed by atoms with Gasteiger partial charge in [0.2, 0.25) is 0 Å². The second kappa shape index (κ2) is 9.16. The van der Waals surface area contributed by atoms with E-state index in [0.717, 1.165) is 25.0 Å². The zero-order valence-corrected chi connectivity index (χ0v) is 17.9. The highest BCUT2D eigenvalue weighted by atomic mass is 19.4. The second-order valence-electron chi connectivity index (χ2n) is 7.81. The molecule has 11 heteroatoms. The van der Waals surface area contributed by atoms with Crippen molar-refractivity contribution in [3.05, 3.63) is 77.4 Å². The maximum absolute atomic E-state index is 13.7. The van der Waals surface area contributed by atoms with Gasteiger partial charge in [-0.25, -0.2) is 9.07 Å². The van der Waals surface area contributed by atoms with Gasteiger partial charge >= 0.3 is 6.18 Å². The number of rotatable bonds is 6. The number of halogens is 4. The topological polar surface area (TPSA) is 85.2 Å².